The van der Waals surface area contributed by atoms with Gasteiger partial charge in [0.1, 0.15) is 9.75 Å². The van der Waals surface area contributed by atoms with Crippen molar-refractivity contribution < 1.29 is 35.9 Å². The first-order valence-corrected chi connectivity index (χ1v) is 19.2. The zero-order chi connectivity index (χ0) is 40.1. The van der Waals surface area contributed by atoms with Gasteiger partial charge < -0.3 is 10.2 Å². The number of nitrogens with one attached hydrogen (secondary N) is 1. The highest BCUT2D eigenvalue weighted by atomic mass is 32.1. The third-order valence-electron chi connectivity index (χ3n) is 9.25. The Labute approximate surface area is 324 Å². The summed E-state index contributed by atoms with van der Waals surface area (Å²) in [6.45, 7) is 5.38. The van der Waals surface area contributed by atoms with Crippen LogP contribution in [0.25, 0.3) is 11.4 Å². The van der Waals surface area contributed by atoms with Gasteiger partial charge in [0.25, 0.3) is 11.8 Å². The van der Waals surface area contributed by atoms with E-state index in [0.29, 0.717) is 55.3 Å². The summed E-state index contributed by atoms with van der Waals surface area (Å²) in [5, 5.41) is 11.1. The fourth-order valence-corrected chi connectivity index (χ4v) is 7.62. The molecule has 2 amide bonds. The number of amides is 2. The Balaban J connectivity index is 0.000000172. The molecule has 0 saturated heterocycles. The lowest BCUT2D eigenvalue weighted by molar-refractivity contribution is -0.142. The fraction of sp³-hybridized carbons (Fsp3) is 0.316. The molecule has 2 aliphatic rings. The summed E-state index contributed by atoms with van der Waals surface area (Å²) in [6, 6.07) is 15.6. The molecule has 2 fully saturated rings. The van der Waals surface area contributed by atoms with Crippen molar-refractivity contribution in [3.05, 3.63) is 115 Å². The fourth-order valence-electron chi connectivity index (χ4n) is 6.03. The number of hydrogen-bond donors (Lipinski definition) is 1. The lowest BCUT2D eigenvalue weighted by atomic mass is 10.2. The number of carbonyl (C=O) groups is 2. The van der Waals surface area contributed by atoms with E-state index in [-0.39, 0.29) is 23.7 Å². The summed E-state index contributed by atoms with van der Waals surface area (Å²) in [5.74, 6) is -0.208. The summed E-state index contributed by atoms with van der Waals surface area (Å²) < 4.78 is 81.1. The molecule has 2 aliphatic carbocycles. The quantitative estimate of drug-likeness (QED) is 0.153. The molecule has 4 aromatic heterocycles. The zero-order valence-corrected chi connectivity index (χ0v) is 32.0. The SMILES string of the molecule is Cc1nc(C)c(C(=O)Nc2ccc(-n3nc(C(F)(F)F)cc3C3CC3)cc2)s1.Cc1ncsc1C(=O)N(C)c1ccc(-n2nc(C(F)(F)F)cc2C2CC2)cc1. The number of nitrogens with zero attached hydrogens (tertiary/aromatic N) is 7. The summed E-state index contributed by atoms with van der Waals surface area (Å²) >= 11 is 2.59. The molecule has 0 aliphatic heterocycles. The van der Waals surface area contributed by atoms with Crippen molar-refractivity contribution >= 4 is 45.9 Å². The number of rotatable bonds is 8. The third-order valence-corrected chi connectivity index (χ3v) is 11.2. The van der Waals surface area contributed by atoms with Gasteiger partial charge in [-0.3, -0.25) is 9.59 Å². The first kappa shape index (κ1) is 38.9. The van der Waals surface area contributed by atoms with E-state index in [1.54, 1.807) is 74.9 Å². The van der Waals surface area contributed by atoms with Crippen molar-refractivity contribution in [3.63, 3.8) is 0 Å². The van der Waals surface area contributed by atoms with Crippen LogP contribution < -0.4 is 10.2 Å². The maximum Gasteiger partial charge on any atom is 0.435 e. The molecule has 8 rings (SSSR count). The van der Waals surface area contributed by atoms with Crippen LogP contribution in [-0.2, 0) is 12.4 Å². The van der Waals surface area contributed by atoms with E-state index in [4.69, 9.17) is 0 Å². The molecular formula is C38H34F6N8O2S2. The van der Waals surface area contributed by atoms with Gasteiger partial charge >= 0.3 is 12.4 Å². The van der Waals surface area contributed by atoms with Gasteiger partial charge in [0.05, 0.1) is 33.3 Å². The Morgan fingerprint density at radius 1 is 0.750 bits per heavy atom. The van der Waals surface area contributed by atoms with Crippen LogP contribution in [0.5, 0.6) is 0 Å². The second kappa shape index (κ2) is 14.9. The van der Waals surface area contributed by atoms with E-state index < -0.39 is 23.7 Å². The van der Waals surface area contributed by atoms with Crippen molar-refractivity contribution in [2.24, 2.45) is 0 Å². The predicted molar refractivity (Wildman–Crippen MR) is 200 cm³/mol. The second-order valence-electron chi connectivity index (χ2n) is 13.6. The van der Waals surface area contributed by atoms with E-state index in [1.165, 1.54) is 36.9 Å². The average Bonchev–Trinajstić information content (AvgIpc) is 3.99. The van der Waals surface area contributed by atoms with Gasteiger partial charge in [-0.05, 0) is 107 Å². The lowest BCUT2D eigenvalue weighted by Crippen LogP contribution is -2.26. The summed E-state index contributed by atoms with van der Waals surface area (Å²) in [7, 11) is 1.65. The molecule has 10 nitrogen and oxygen atoms in total. The van der Waals surface area contributed by atoms with Crippen LogP contribution in [0.15, 0.2) is 66.2 Å². The molecule has 292 valence electrons. The van der Waals surface area contributed by atoms with Crippen molar-refractivity contribution in [1.29, 1.82) is 0 Å². The minimum atomic E-state index is -4.48. The summed E-state index contributed by atoms with van der Waals surface area (Å²) in [5.41, 5.74) is 4.59. The van der Waals surface area contributed by atoms with Crippen LogP contribution in [-0.4, -0.2) is 48.4 Å². The van der Waals surface area contributed by atoms with Crippen LogP contribution in [0.4, 0.5) is 37.7 Å². The number of thiazole rings is 2. The highest BCUT2D eigenvalue weighted by molar-refractivity contribution is 7.13. The van der Waals surface area contributed by atoms with Gasteiger partial charge in [-0.15, -0.1) is 22.7 Å². The molecule has 2 saturated carbocycles. The minimum Gasteiger partial charge on any atom is -0.321 e. The number of aromatic nitrogens is 6. The first-order chi connectivity index (χ1) is 26.5. The number of hydrogen-bond acceptors (Lipinski definition) is 8. The molecule has 18 heteroatoms. The predicted octanol–water partition coefficient (Wildman–Crippen LogP) is 9.90. The van der Waals surface area contributed by atoms with Crippen LogP contribution in [0, 0.1) is 20.8 Å². The smallest absolute Gasteiger partial charge is 0.321 e. The molecular weight excluding hydrogens is 779 g/mol. The largest absolute Gasteiger partial charge is 0.435 e. The Hall–Kier alpha value is -5.36. The van der Waals surface area contributed by atoms with Crippen molar-refractivity contribution in [2.45, 2.75) is 70.6 Å². The van der Waals surface area contributed by atoms with Gasteiger partial charge in [0, 0.05) is 41.6 Å². The molecule has 1 N–H and O–H groups in total. The highest BCUT2D eigenvalue weighted by Crippen LogP contribution is 2.44. The highest BCUT2D eigenvalue weighted by Gasteiger charge is 2.39. The standard InChI is InChI=1S/2C19H17F3N4OS/c1-11-17(28-10-23-11)18(27)25(2)13-5-7-14(8-6-13)26-15(12-3-4-12)9-16(24-26)19(20,21)22;1-10-17(28-11(2)23-10)18(27)24-13-5-7-14(8-6-13)26-15(12-3-4-12)9-16(25-26)19(20,21)22/h5-10,12H,3-4H2,1-2H3;5-9,12H,3-4H2,1-2H3,(H,24,27). The van der Waals surface area contributed by atoms with E-state index in [1.807, 2.05) is 6.92 Å². The average molecular weight is 813 g/mol. The molecule has 56 heavy (non-hydrogen) atoms. The number of benzene rings is 2. The van der Waals surface area contributed by atoms with Crippen molar-refractivity contribution in [1.82, 2.24) is 29.5 Å². The molecule has 4 heterocycles. The van der Waals surface area contributed by atoms with Crippen LogP contribution in [0.2, 0.25) is 0 Å². The van der Waals surface area contributed by atoms with Gasteiger partial charge in [-0.2, -0.15) is 36.5 Å². The molecule has 2 aromatic carbocycles. The maximum absolute atomic E-state index is 13.1. The van der Waals surface area contributed by atoms with E-state index in [2.05, 4.69) is 25.5 Å². The van der Waals surface area contributed by atoms with E-state index in [0.717, 1.165) is 42.8 Å². The normalized spacial score (nSPS) is 14.3. The number of anilines is 2. The first-order valence-electron chi connectivity index (χ1n) is 17.5. The molecule has 0 bridgehead atoms. The monoisotopic (exact) mass is 812 g/mol. The number of carbonyl (C=O) groups excluding carboxylic acids is 2. The molecule has 0 radical (unpaired) electrons. The Kier molecular flexibility index (Phi) is 10.4. The molecule has 0 atom stereocenters. The van der Waals surface area contributed by atoms with E-state index >= 15 is 0 Å². The molecule has 6 aromatic rings. The van der Waals surface area contributed by atoms with Crippen LogP contribution >= 0.6 is 22.7 Å². The van der Waals surface area contributed by atoms with Gasteiger partial charge in [0.2, 0.25) is 0 Å². The second-order valence-corrected chi connectivity index (χ2v) is 15.6. The van der Waals surface area contributed by atoms with Crippen molar-refractivity contribution in [3.8, 4) is 11.4 Å². The van der Waals surface area contributed by atoms with Gasteiger partial charge in [-0.1, -0.05) is 0 Å². The summed E-state index contributed by atoms with van der Waals surface area (Å²) in [6.07, 6.45) is -5.49. The van der Waals surface area contributed by atoms with Crippen LogP contribution in [0.1, 0.15) is 96.0 Å². The molecule has 0 unspecified atom stereocenters. The summed E-state index contributed by atoms with van der Waals surface area (Å²) in [4.78, 5) is 35.9. The minimum absolute atomic E-state index is 0.112. The van der Waals surface area contributed by atoms with Crippen molar-refractivity contribution in [2.75, 3.05) is 17.3 Å². The third kappa shape index (κ3) is 8.40. The number of halogens is 6. The van der Waals surface area contributed by atoms with Crippen LogP contribution in [0.3, 0.4) is 0 Å². The zero-order valence-electron chi connectivity index (χ0n) is 30.4. The van der Waals surface area contributed by atoms with Gasteiger partial charge in [0.15, 0.2) is 11.4 Å². The Morgan fingerprint density at radius 2 is 1.25 bits per heavy atom. The van der Waals surface area contributed by atoms with E-state index in [9.17, 15) is 35.9 Å². The Morgan fingerprint density at radius 3 is 1.66 bits per heavy atom. The Bertz CT molecular complexity index is 2390. The maximum atomic E-state index is 13.1. The topological polar surface area (TPSA) is 111 Å². The lowest BCUT2D eigenvalue weighted by Gasteiger charge is -2.17. The van der Waals surface area contributed by atoms with Gasteiger partial charge in [-0.25, -0.2) is 19.3 Å². The molecule has 0 spiro atoms. The number of alkyl halides is 6. The number of aryl methyl sites for hydroxylation is 3.